The molecule has 0 fully saturated rings. The van der Waals surface area contributed by atoms with Crippen LogP contribution >= 0.6 is 0 Å². The molecule has 0 saturated carbocycles. The summed E-state index contributed by atoms with van der Waals surface area (Å²) >= 11 is 0. The molecule has 6 nitrogen and oxygen atoms in total. The predicted molar refractivity (Wildman–Crippen MR) is 282 cm³/mol. The quantitative estimate of drug-likeness (QED) is 0.0245. The van der Waals surface area contributed by atoms with Crippen molar-refractivity contribution in [3.63, 3.8) is 0 Å². The average Bonchev–Trinajstić information content (AvgIpc) is 3.30. The van der Waals surface area contributed by atoms with E-state index in [0.29, 0.717) is 19.3 Å². The van der Waals surface area contributed by atoms with Crippen molar-refractivity contribution in [2.24, 2.45) is 0 Å². The second-order valence-electron chi connectivity index (χ2n) is 18.7. The van der Waals surface area contributed by atoms with E-state index in [4.69, 9.17) is 4.74 Å². The van der Waals surface area contributed by atoms with E-state index in [9.17, 15) is 19.8 Å². The fourth-order valence-electron chi connectivity index (χ4n) is 8.14. The van der Waals surface area contributed by atoms with Crippen LogP contribution in [0.5, 0.6) is 0 Å². The van der Waals surface area contributed by atoms with Gasteiger partial charge in [-0.3, -0.25) is 9.59 Å². The minimum Gasteiger partial charge on any atom is -0.462 e. The second kappa shape index (κ2) is 52.3. The molecule has 0 aliphatic heterocycles. The minimum atomic E-state index is -0.801. The van der Waals surface area contributed by atoms with Gasteiger partial charge in [0.2, 0.25) is 5.91 Å². The Kier molecular flexibility index (Phi) is 50.1. The lowest BCUT2D eigenvalue weighted by Crippen LogP contribution is -2.46. The molecule has 6 heteroatoms. The molecule has 376 valence electrons. The SMILES string of the molecule is CC/C=C/C=C/C=C\CCCCCCCC(=O)OC(CCCCCC/C=C\C/C=C\C/C=C\CCCCC)CC(=O)NC(CO)C(O)CCCCCCCCCCCCCCCCCC. The molecule has 0 aliphatic carbocycles. The van der Waals surface area contributed by atoms with Crippen LogP contribution in [-0.4, -0.2) is 46.9 Å². The van der Waals surface area contributed by atoms with Crippen molar-refractivity contribution in [3.05, 3.63) is 72.9 Å². The Hall–Kier alpha value is -2.70. The zero-order chi connectivity index (χ0) is 47.4. The number of carbonyl (C=O) groups is 2. The van der Waals surface area contributed by atoms with E-state index >= 15 is 0 Å². The first-order chi connectivity index (χ1) is 32.0. The van der Waals surface area contributed by atoms with E-state index in [1.54, 1.807) is 0 Å². The van der Waals surface area contributed by atoms with E-state index in [0.717, 1.165) is 109 Å². The molecule has 0 aromatic rings. The van der Waals surface area contributed by atoms with Gasteiger partial charge in [0.15, 0.2) is 0 Å². The Morgan fingerprint density at radius 1 is 0.477 bits per heavy atom. The number of unbranched alkanes of at least 4 members (excludes halogenated alkanes) is 27. The molecular formula is C59H105NO5. The van der Waals surface area contributed by atoms with Crippen molar-refractivity contribution in [2.45, 2.75) is 283 Å². The Morgan fingerprint density at radius 2 is 0.892 bits per heavy atom. The number of aliphatic hydroxyl groups is 2. The van der Waals surface area contributed by atoms with Crippen molar-refractivity contribution in [3.8, 4) is 0 Å². The summed E-state index contributed by atoms with van der Waals surface area (Å²) in [6, 6.07) is -0.717. The molecule has 0 heterocycles. The molecule has 0 aromatic heterocycles. The molecule has 0 bridgehead atoms. The first-order valence-corrected chi connectivity index (χ1v) is 27.7. The normalized spacial score (nSPS) is 13.7. The standard InChI is InChI=1S/C59H105NO5/c1-4-7-10-13-16-19-22-25-27-29-30-33-35-38-41-44-47-50-55(65-59(64)52-49-46-43-40-37-32-24-21-18-15-12-9-6-3)53-58(63)60-56(54-61)57(62)51-48-45-42-39-36-34-31-28-26-23-20-17-14-11-8-5-2/h9,12,15-16,18-19,21,24-25,27,30,33,55-57,61-62H,4-8,10-11,13-14,17,20,22-23,26,28-29,31-32,34-54H2,1-3H3,(H,60,63)/b12-9+,18-15+,19-16-,24-21-,27-25-,33-30-. The van der Waals surface area contributed by atoms with Crippen LogP contribution in [0.4, 0.5) is 0 Å². The zero-order valence-electron chi connectivity index (χ0n) is 42.9. The van der Waals surface area contributed by atoms with E-state index in [1.165, 1.54) is 109 Å². The lowest BCUT2D eigenvalue weighted by molar-refractivity contribution is -0.151. The number of hydrogen-bond donors (Lipinski definition) is 3. The van der Waals surface area contributed by atoms with E-state index in [1.807, 2.05) is 0 Å². The second-order valence-corrected chi connectivity index (χ2v) is 18.7. The summed E-state index contributed by atoms with van der Waals surface area (Å²) in [7, 11) is 0. The molecule has 65 heavy (non-hydrogen) atoms. The van der Waals surface area contributed by atoms with Crippen LogP contribution in [0.3, 0.4) is 0 Å². The van der Waals surface area contributed by atoms with Crippen LogP contribution in [0, 0.1) is 0 Å². The number of ether oxygens (including phenoxy) is 1. The van der Waals surface area contributed by atoms with Gasteiger partial charge in [-0.1, -0.05) is 241 Å². The summed E-state index contributed by atoms with van der Waals surface area (Å²) in [6.45, 7) is 6.33. The molecule has 3 N–H and O–H groups in total. The largest absolute Gasteiger partial charge is 0.462 e. The molecule has 3 unspecified atom stereocenters. The first-order valence-electron chi connectivity index (χ1n) is 27.7. The van der Waals surface area contributed by atoms with Crippen molar-refractivity contribution in [2.75, 3.05) is 6.61 Å². The maximum atomic E-state index is 13.2. The van der Waals surface area contributed by atoms with E-state index in [2.05, 4.69) is 99.0 Å². The van der Waals surface area contributed by atoms with Gasteiger partial charge in [0, 0.05) is 6.42 Å². The Bertz CT molecular complexity index is 1200. The van der Waals surface area contributed by atoms with Gasteiger partial charge in [-0.15, -0.1) is 0 Å². The molecule has 0 spiro atoms. The summed E-state index contributed by atoms with van der Waals surface area (Å²) in [4.78, 5) is 26.2. The zero-order valence-corrected chi connectivity index (χ0v) is 42.9. The lowest BCUT2D eigenvalue weighted by atomic mass is 10.0. The molecule has 0 aromatic carbocycles. The maximum absolute atomic E-state index is 13.2. The fourth-order valence-corrected chi connectivity index (χ4v) is 8.14. The average molecular weight is 908 g/mol. The molecule has 1 amide bonds. The third-order valence-corrected chi connectivity index (χ3v) is 12.3. The molecule has 0 aliphatic rings. The summed E-state index contributed by atoms with van der Waals surface area (Å²) in [5.74, 6) is -0.518. The van der Waals surface area contributed by atoms with Gasteiger partial charge in [0.05, 0.1) is 25.2 Å². The van der Waals surface area contributed by atoms with Crippen LogP contribution < -0.4 is 5.32 Å². The highest BCUT2D eigenvalue weighted by Gasteiger charge is 2.24. The Balaban J connectivity index is 4.62. The molecular weight excluding hydrogens is 803 g/mol. The predicted octanol–water partition coefficient (Wildman–Crippen LogP) is 17.0. The van der Waals surface area contributed by atoms with Crippen molar-refractivity contribution in [1.82, 2.24) is 5.32 Å². The number of aliphatic hydroxyl groups excluding tert-OH is 2. The minimum absolute atomic E-state index is 0.0521. The van der Waals surface area contributed by atoms with Crippen LogP contribution in [0.15, 0.2) is 72.9 Å². The Morgan fingerprint density at radius 3 is 1.42 bits per heavy atom. The highest BCUT2D eigenvalue weighted by Crippen LogP contribution is 2.18. The van der Waals surface area contributed by atoms with Gasteiger partial charge < -0.3 is 20.3 Å². The highest BCUT2D eigenvalue weighted by molar-refractivity contribution is 5.77. The topological polar surface area (TPSA) is 95.9 Å². The van der Waals surface area contributed by atoms with Gasteiger partial charge in [-0.2, -0.15) is 0 Å². The van der Waals surface area contributed by atoms with Crippen molar-refractivity contribution < 1.29 is 24.5 Å². The number of nitrogens with one attached hydrogen (secondary N) is 1. The molecule has 0 saturated heterocycles. The molecule has 0 radical (unpaired) electrons. The number of carbonyl (C=O) groups excluding carboxylic acids is 2. The molecule has 3 atom stereocenters. The van der Waals surface area contributed by atoms with Crippen molar-refractivity contribution >= 4 is 11.9 Å². The number of rotatable bonds is 49. The van der Waals surface area contributed by atoms with Gasteiger partial charge in [-0.25, -0.2) is 0 Å². The summed E-state index contributed by atoms with van der Waals surface area (Å²) < 4.78 is 5.93. The first kappa shape index (κ1) is 62.3. The van der Waals surface area contributed by atoms with E-state index < -0.39 is 18.2 Å². The number of allylic oxidation sites excluding steroid dienone is 12. The number of amides is 1. The number of hydrogen-bond acceptors (Lipinski definition) is 5. The lowest BCUT2D eigenvalue weighted by Gasteiger charge is -2.24. The summed E-state index contributed by atoms with van der Waals surface area (Å²) in [5, 5.41) is 23.9. The monoisotopic (exact) mass is 908 g/mol. The van der Waals surface area contributed by atoms with Gasteiger partial charge >= 0.3 is 5.97 Å². The van der Waals surface area contributed by atoms with Gasteiger partial charge in [-0.05, 0) is 83.5 Å². The maximum Gasteiger partial charge on any atom is 0.306 e. The Labute approximate surface area is 402 Å². The van der Waals surface area contributed by atoms with Crippen molar-refractivity contribution in [1.29, 1.82) is 0 Å². The van der Waals surface area contributed by atoms with E-state index in [-0.39, 0.29) is 24.9 Å². The third kappa shape index (κ3) is 47.6. The van der Waals surface area contributed by atoms with Gasteiger partial charge in [0.1, 0.15) is 6.10 Å². The highest BCUT2D eigenvalue weighted by atomic mass is 16.5. The smallest absolute Gasteiger partial charge is 0.306 e. The van der Waals surface area contributed by atoms with Crippen LogP contribution in [-0.2, 0) is 14.3 Å². The fraction of sp³-hybridized carbons (Fsp3) is 0.763. The van der Waals surface area contributed by atoms with Crippen LogP contribution in [0.25, 0.3) is 0 Å². The van der Waals surface area contributed by atoms with Gasteiger partial charge in [0.25, 0.3) is 0 Å². The van der Waals surface area contributed by atoms with Crippen LogP contribution in [0.1, 0.15) is 265 Å². The third-order valence-electron chi connectivity index (χ3n) is 12.3. The van der Waals surface area contributed by atoms with Crippen LogP contribution in [0.2, 0.25) is 0 Å². The summed E-state index contributed by atoms with van der Waals surface area (Å²) in [5.41, 5.74) is 0. The number of esters is 1. The molecule has 0 rings (SSSR count). The summed E-state index contributed by atoms with van der Waals surface area (Å²) in [6.07, 6.45) is 66.7.